The van der Waals surface area contributed by atoms with Gasteiger partial charge in [0.05, 0.1) is 20.3 Å². The monoisotopic (exact) mass is 461 g/mol. The van der Waals surface area contributed by atoms with Gasteiger partial charge in [0, 0.05) is 49.7 Å². The van der Waals surface area contributed by atoms with Gasteiger partial charge in [0.1, 0.15) is 17.1 Å². The SMILES string of the molecule is COc1nn(C2COC2)c2nc(N3CCC4(CN(c5ccnc(C(F)(F)F)c5)C4)C3)ncc12. The van der Waals surface area contributed by atoms with E-state index in [0.29, 0.717) is 43.8 Å². The van der Waals surface area contributed by atoms with Crippen LogP contribution < -0.4 is 14.5 Å². The average molecular weight is 461 g/mol. The van der Waals surface area contributed by atoms with E-state index in [1.54, 1.807) is 19.4 Å². The maximum Gasteiger partial charge on any atom is 0.433 e. The molecule has 0 amide bonds. The molecule has 174 valence electrons. The highest BCUT2D eigenvalue weighted by Crippen LogP contribution is 2.43. The van der Waals surface area contributed by atoms with Crippen molar-refractivity contribution in [1.29, 1.82) is 0 Å². The summed E-state index contributed by atoms with van der Waals surface area (Å²) in [4.78, 5) is 16.9. The van der Waals surface area contributed by atoms with Gasteiger partial charge in [-0.3, -0.25) is 4.98 Å². The first-order valence-electron chi connectivity index (χ1n) is 10.8. The topological polar surface area (TPSA) is 81.4 Å². The quantitative estimate of drug-likeness (QED) is 0.587. The second kappa shape index (κ2) is 7.17. The van der Waals surface area contributed by atoms with E-state index in [1.165, 1.54) is 6.20 Å². The molecule has 0 aromatic carbocycles. The minimum Gasteiger partial charge on any atom is -0.479 e. The van der Waals surface area contributed by atoms with Crippen LogP contribution in [0.4, 0.5) is 24.8 Å². The molecule has 0 bridgehead atoms. The van der Waals surface area contributed by atoms with Gasteiger partial charge in [0.15, 0.2) is 5.65 Å². The summed E-state index contributed by atoms with van der Waals surface area (Å²) in [6.45, 7) is 4.11. The Morgan fingerprint density at radius 2 is 1.94 bits per heavy atom. The van der Waals surface area contributed by atoms with E-state index in [-0.39, 0.29) is 11.5 Å². The van der Waals surface area contributed by atoms with E-state index in [4.69, 9.17) is 14.5 Å². The van der Waals surface area contributed by atoms with Gasteiger partial charge in [-0.25, -0.2) is 9.67 Å². The van der Waals surface area contributed by atoms with Crippen LogP contribution >= 0.6 is 0 Å². The summed E-state index contributed by atoms with van der Waals surface area (Å²) in [5, 5.41) is 5.28. The van der Waals surface area contributed by atoms with E-state index in [1.807, 2.05) is 9.58 Å². The van der Waals surface area contributed by atoms with Gasteiger partial charge in [-0.2, -0.15) is 18.2 Å². The zero-order valence-electron chi connectivity index (χ0n) is 17.9. The van der Waals surface area contributed by atoms with Gasteiger partial charge in [-0.15, -0.1) is 5.10 Å². The summed E-state index contributed by atoms with van der Waals surface area (Å²) in [6, 6.07) is 2.88. The number of hydrogen-bond donors (Lipinski definition) is 0. The molecule has 6 heterocycles. The van der Waals surface area contributed by atoms with Gasteiger partial charge in [-0.1, -0.05) is 0 Å². The molecule has 6 rings (SSSR count). The van der Waals surface area contributed by atoms with Crippen LogP contribution in [0.25, 0.3) is 11.0 Å². The molecular formula is C21H22F3N7O2. The average Bonchev–Trinajstić information content (AvgIpc) is 3.33. The minimum absolute atomic E-state index is 0.0136. The van der Waals surface area contributed by atoms with Gasteiger partial charge >= 0.3 is 6.18 Å². The fraction of sp³-hybridized carbons (Fsp3) is 0.524. The zero-order chi connectivity index (χ0) is 22.8. The molecule has 3 aromatic rings. The molecule has 0 radical (unpaired) electrons. The highest BCUT2D eigenvalue weighted by molar-refractivity contribution is 5.81. The number of nitrogens with zero attached hydrogens (tertiary/aromatic N) is 7. The molecule has 12 heteroatoms. The third-order valence-corrected chi connectivity index (χ3v) is 6.73. The minimum atomic E-state index is -4.44. The van der Waals surface area contributed by atoms with Crippen molar-refractivity contribution in [1.82, 2.24) is 24.7 Å². The van der Waals surface area contributed by atoms with E-state index in [9.17, 15) is 13.2 Å². The Morgan fingerprint density at radius 1 is 1.15 bits per heavy atom. The lowest BCUT2D eigenvalue weighted by atomic mass is 9.79. The molecule has 0 unspecified atom stereocenters. The van der Waals surface area contributed by atoms with Crippen molar-refractivity contribution in [3.8, 4) is 5.88 Å². The van der Waals surface area contributed by atoms with Crippen LogP contribution in [-0.2, 0) is 10.9 Å². The second-order valence-electron chi connectivity index (χ2n) is 8.98. The third kappa shape index (κ3) is 3.35. The first-order valence-corrected chi connectivity index (χ1v) is 10.8. The summed E-state index contributed by atoms with van der Waals surface area (Å²) in [6.07, 6.45) is -0.550. The molecule has 9 nitrogen and oxygen atoms in total. The van der Waals surface area contributed by atoms with Crippen molar-refractivity contribution in [2.24, 2.45) is 5.41 Å². The standard InChI is InChI=1S/C21H22F3N7O2/c1-32-18-15-7-26-19(27-17(15)31(28-18)14-8-33-9-14)29-5-3-20(10-29)11-30(12-20)13-2-4-25-16(6-13)21(22,23)24/h2,4,6-7,14H,3,5,8-12H2,1H3. The number of halogens is 3. The fourth-order valence-electron chi connectivity index (χ4n) is 4.89. The lowest BCUT2D eigenvalue weighted by molar-refractivity contribution is -0.141. The van der Waals surface area contributed by atoms with Gasteiger partial charge < -0.3 is 19.3 Å². The van der Waals surface area contributed by atoms with E-state index in [0.717, 1.165) is 36.6 Å². The molecule has 3 aliphatic rings. The lowest BCUT2D eigenvalue weighted by Gasteiger charge is -2.49. The molecule has 3 aromatic heterocycles. The van der Waals surface area contributed by atoms with E-state index < -0.39 is 11.9 Å². The van der Waals surface area contributed by atoms with Crippen molar-refractivity contribution in [2.45, 2.75) is 18.6 Å². The van der Waals surface area contributed by atoms with Crippen molar-refractivity contribution in [3.05, 3.63) is 30.2 Å². The molecule has 0 N–H and O–H groups in total. The van der Waals surface area contributed by atoms with Crippen LogP contribution in [0.3, 0.4) is 0 Å². The number of methoxy groups -OCH3 is 1. The predicted molar refractivity (Wildman–Crippen MR) is 112 cm³/mol. The van der Waals surface area contributed by atoms with Crippen molar-refractivity contribution < 1.29 is 22.6 Å². The number of ether oxygens (including phenoxy) is 2. The molecule has 0 atom stereocenters. The Labute approximate surface area is 187 Å². The number of aromatic nitrogens is 5. The van der Waals surface area contributed by atoms with Crippen LogP contribution in [0.1, 0.15) is 18.2 Å². The summed E-state index contributed by atoms with van der Waals surface area (Å²) in [7, 11) is 1.57. The third-order valence-electron chi connectivity index (χ3n) is 6.73. The Bertz CT molecular complexity index is 1200. The van der Waals surface area contributed by atoms with Crippen molar-refractivity contribution in [3.63, 3.8) is 0 Å². The highest BCUT2D eigenvalue weighted by atomic mass is 19.4. The smallest absolute Gasteiger partial charge is 0.433 e. The Morgan fingerprint density at radius 3 is 2.64 bits per heavy atom. The molecule has 0 saturated carbocycles. The van der Waals surface area contributed by atoms with Gasteiger partial charge in [-0.05, 0) is 18.6 Å². The van der Waals surface area contributed by atoms with Crippen LogP contribution in [0.2, 0.25) is 0 Å². The van der Waals surface area contributed by atoms with Crippen LogP contribution in [-0.4, -0.2) is 71.2 Å². The highest BCUT2D eigenvalue weighted by Gasteiger charge is 2.48. The maximum absolute atomic E-state index is 13.0. The number of fused-ring (bicyclic) bond motifs is 1. The van der Waals surface area contributed by atoms with Crippen LogP contribution in [0, 0.1) is 5.41 Å². The summed E-state index contributed by atoms with van der Waals surface area (Å²) < 4.78 is 51.6. The van der Waals surface area contributed by atoms with Crippen LogP contribution in [0.15, 0.2) is 24.5 Å². The number of anilines is 2. The number of rotatable bonds is 4. The normalized spacial score (nSPS) is 20.4. The molecular weight excluding hydrogens is 439 g/mol. The second-order valence-corrected chi connectivity index (χ2v) is 8.98. The Kier molecular flexibility index (Phi) is 4.45. The molecule has 3 saturated heterocycles. The predicted octanol–water partition coefficient (Wildman–Crippen LogP) is 2.54. The summed E-state index contributed by atoms with van der Waals surface area (Å²) in [5.41, 5.74) is 0.426. The number of hydrogen-bond acceptors (Lipinski definition) is 8. The molecule has 1 spiro atoms. The fourth-order valence-corrected chi connectivity index (χ4v) is 4.89. The van der Waals surface area contributed by atoms with Crippen LogP contribution in [0.5, 0.6) is 5.88 Å². The summed E-state index contributed by atoms with van der Waals surface area (Å²) in [5.74, 6) is 1.12. The van der Waals surface area contributed by atoms with Gasteiger partial charge in [0.2, 0.25) is 11.8 Å². The van der Waals surface area contributed by atoms with Crippen molar-refractivity contribution >= 4 is 22.7 Å². The first-order chi connectivity index (χ1) is 15.9. The molecule has 3 fully saturated rings. The lowest BCUT2D eigenvalue weighted by Crippen LogP contribution is -2.57. The van der Waals surface area contributed by atoms with E-state index in [2.05, 4.69) is 20.0 Å². The van der Waals surface area contributed by atoms with E-state index >= 15 is 0 Å². The largest absolute Gasteiger partial charge is 0.479 e. The van der Waals surface area contributed by atoms with Gasteiger partial charge in [0.25, 0.3) is 0 Å². The Balaban J connectivity index is 1.19. The van der Waals surface area contributed by atoms with Crippen molar-refractivity contribution in [2.75, 3.05) is 56.3 Å². The number of pyridine rings is 1. The molecule has 0 aliphatic carbocycles. The number of alkyl halides is 3. The Hall–Kier alpha value is -3.15. The first kappa shape index (κ1) is 20.5. The molecule has 3 aliphatic heterocycles. The molecule has 33 heavy (non-hydrogen) atoms. The maximum atomic E-state index is 13.0. The summed E-state index contributed by atoms with van der Waals surface area (Å²) >= 11 is 0. The zero-order valence-corrected chi connectivity index (χ0v) is 17.9.